The molecule has 236 valence electrons. The molecule has 0 amide bonds. The standard InChI is InChI=1S/C16H22N4S2.C5H11N3.C5H9N3.2CH3Cl/c17-13-5-1-3-7-15(13)19-9-11-21-22-12-10-20-16-8-4-2-6-14(16)18;2*1-7-3-4-8(2)5(7)6;2*1-2/h1-8,19-20H,9-12,17-18H2;3-5H,6H2,1-2H3;3-4,6H,1-2H3;2*1H3/p+2. The van der Waals surface area contributed by atoms with Gasteiger partial charge in [-0.15, -0.1) is 23.2 Å². The lowest BCUT2D eigenvalue weighted by Crippen LogP contribution is -3.10. The van der Waals surface area contributed by atoms with Crippen LogP contribution >= 0.6 is 44.8 Å². The van der Waals surface area contributed by atoms with Crippen molar-refractivity contribution in [1.82, 2.24) is 9.47 Å². The summed E-state index contributed by atoms with van der Waals surface area (Å²) >= 11 is 9.28. The van der Waals surface area contributed by atoms with Gasteiger partial charge in [0.05, 0.1) is 62.5 Å². The minimum absolute atomic E-state index is 0.120. The summed E-state index contributed by atoms with van der Waals surface area (Å²) in [6, 6.07) is 15.7. The van der Waals surface area contributed by atoms with Crippen LogP contribution in [0.4, 0.5) is 28.7 Å². The topological polar surface area (TPSA) is 145 Å². The Labute approximate surface area is 270 Å². The van der Waals surface area contributed by atoms with Crippen LogP contribution in [0.5, 0.6) is 0 Å². The van der Waals surface area contributed by atoms with Crippen LogP contribution in [0.25, 0.3) is 0 Å². The number of hydrogen-bond acceptors (Lipinski definition) is 9. The van der Waals surface area contributed by atoms with Crippen molar-refractivity contribution >= 4 is 73.5 Å². The lowest BCUT2D eigenvalue weighted by Gasteiger charge is -2.16. The molecule has 4 rings (SSSR count). The van der Waals surface area contributed by atoms with Crippen molar-refractivity contribution in [2.24, 2.45) is 19.8 Å². The van der Waals surface area contributed by atoms with Gasteiger partial charge in [0.25, 0.3) is 0 Å². The van der Waals surface area contributed by atoms with E-state index in [-0.39, 0.29) is 6.29 Å². The molecule has 3 aromatic rings. The largest absolute Gasteiger partial charge is 0.397 e. The number of alkyl halides is 2. The molecule has 1 aromatic heterocycles. The number of imidazole rings is 1. The van der Waals surface area contributed by atoms with Crippen molar-refractivity contribution in [3.05, 3.63) is 73.3 Å². The second-order valence-corrected chi connectivity index (χ2v) is 11.4. The maximum Gasteiger partial charge on any atom is 0.354 e. The molecule has 11 N–H and O–H groups in total. The van der Waals surface area contributed by atoms with Gasteiger partial charge in [-0.1, -0.05) is 45.9 Å². The Morgan fingerprint density at radius 1 is 0.857 bits per heavy atom. The van der Waals surface area contributed by atoms with E-state index in [1.165, 1.54) is 17.7 Å². The first-order valence-corrected chi connectivity index (χ1v) is 17.1. The molecule has 2 aromatic carbocycles. The number of nitrogens with one attached hydrogen (secondary N) is 3. The number of hydrogen-bond donors (Lipinski definition) is 7. The number of aryl methyl sites for hydroxylation is 2. The lowest BCUT2D eigenvalue weighted by atomic mass is 10.3. The van der Waals surface area contributed by atoms with Gasteiger partial charge in [-0.25, -0.2) is 9.13 Å². The molecule has 0 bridgehead atoms. The number of rotatable bonds is 9. The Balaban J connectivity index is 0.000000685. The van der Waals surface area contributed by atoms with Crippen LogP contribution in [0, 0.1) is 0 Å². The number of nitrogens with zero attached hydrogens (tertiary/aromatic N) is 3. The van der Waals surface area contributed by atoms with Gasteiger partial charge >= 0.3 is 5.95 Å². The highest BCUT2D eigenvalue weighted by molar-refractivity contribution is 8.76. The Morgan fingerprint density at radius 3 is 1.57 bits per heavy atom. The zero-order valence-corrected chi connectivity index (χ0v) is 28.7. The second kappa shape index (κ2) is 23.9. The van der Waals surface area contributed by atoms with Crippen molar-refractivity contribution in [2.75, 3.05) is 79.3 Å². The first kappa shape index (κ1) is 39.4. The number of anilines is 5. The van der Waals surface area contributed by atoms with Gasteiger partial charge < -0.3 is 27.0 Å². The number of aromatic nitrogens is 2. The summed E-state index contributed by atoms with van der Waals surface area (Å²) in [6.45, 7) is 1.82. The monoisotopic (exact) mass is 660 g/mol. The number of nitrogens with two attached hydrogens (primary N) is 4. The van der Waals surface area contributed by atoms with Gasteiger partial charge in [0.2, 0.25) is 6.29 Å². The summed E-state index contributed by atoms with van der Waals surface area (Å²) in [4.78, 5) is 3.21. The quantitative estimate of drug-likeness (QED) is 0.0605. The van der Waals surface area contributed by atoms with Crippen molar-refractivity contribution in [1.29, 1.82) is 0 Å². The zero-order valence-electron chi connectivity index (χ0n) is 25.6. The first-order valence-electron chi connectivity index (χ1n) is 13.1. The van der Waals surface area contributed by atoms with Gasteiger partial charge in [-0.3, -0.25) is 16.4 Å². The lowest BCUT2D eigenvalue weighted by molar-refractivity contribution is -0.856. The van der Waals surface area contributed by atoms with Crippen LogP contribution < -0.4 is 43.0 Å². The van der Waals surface area contributed by atoms with Crippen molar-refractivity contribution in [2.45, 2.75) is 6.29 Å². The fourth-order valence-electron chi connectivity index (χ4n) is 3.24. The van der Waals surface area contributed by atoms with Crippen LogP contribution in [0.2, 0.25) is 0 Å². The number of benzene rings is 2. The number of quaternary nitrogens is 1. The molecule has 1 aliphatic heterocycles. The molecule has 2 unspecified atom stereocenters. The fourth-order valence-corrected chi connectivity index (χ4v) is 5.05. The summed E-state index contributed by atoms with van der Waals surface area (Å²) in [6.07, 6.45) is 10.9. The van der Waals surface area contributed by atoms with E-state index >= 15 is 0 Å². The molecule has 0 spiro atoms. The van der Waals surface area contributed by atoms with Crippen LogP contribution in [0.1, 0.15) is 0 Å². The van der Waals surface area contributed by atoms with Gasteiger partial charge in [0.15, 0.2) is 0 Å². The molecular formula is C28H50Cl2N10S2+2. The molecular weight excluding hydrogens is 611 g/mol. The zero-order chi connectivity index (χ0) is 31.9. The maximum absolute atomic E-state index is 5.88. The van der Waals surface area contributed by atoms with E-state index in [1.54, 1.807) is 0 Å². The Kier molecular flexibility index (Phi) is 22.4. The van der Waals surface area contributed by atoms with E-state index in [9.17, 15) is 0 Å². The predicted molar refractivity (Wildman–Crippen MR) is 190 cm³/mol. The molecule has 10 nitrogen and oxygen atoms in total. The van der Waals surface area contributed by atoms with E-state index < -0.39 is 0 Å². The van der Waals surface area contributed by atoms with Crippen molar-refractivity contribution in [3.8, 4) is 0 Å². The molecule has 14 heteroatoms. The summed E-state index contributed by atoms with van der Waals surface area (Å²) < 4.78 is 3.72. The normalized spacial score (nSPS) is 14.5. The average Bonchev–Trinajstić information content (AvgIpc) is 3.47. The molecule has 0 saturated carbocycles. The summed E-state index contributed by atoms with van der Waals surface area (Å²) in [5, 5.41) is 6.69. The molecule has 2 atom stereocenters. The van der Waals surface area contributed by atoms with E-state index in [2.05, 4.69) is 33.8 Å². The van der Waals surface area contributed by atoms with E-state index in [0.717, 1.165) is 53.3 Å². The fraction of sp³-hybridized carbons (Fsp3) is 0.393. The molecule has 0 fully saturated rings. The van der Waals surface area contributed by atoms with Gasteiger partial charge in [0.1, 0.15) is 6.20 Å². The predicted octanol–water partition coefficient (Wildman–Crippen LogP) is 3.06. The van der Waals surface area contributed by atoms with Crippen molar-refractivity contribution < 1.29 is 9.47 Å². The molecule has 1 aliphatic rings. The van der Waals surface area contributed by atoms with Crippen LogP contribution in [0.15, 0.2) is 73.3 Å². The van der Waals surface area contributed by atoms with Crippen LogP contribution in [0.3, 0.4) is 0 Å². The van der Waals surface area contributed by atoms with E-state index in [0.29, 0.717) is 0 Å². The third-order valence-corrected chi connectivity index (χ3v) is 8.13. The summed E-state index contributed by atoms with van der Waals surface area (Å²) in [5.74, 6) is 2.84. The summed E-state index contributed by atoms with van der Waals surface area (Å²) in [5.41, 5.74) is 26.5. The van der Waals surface area contributed by atoms with Gasteiger partial charge in [0, 0.05) is 44.4 Å². The molecule has 0 aliphatic carbocycles. The third kappa shape index (κ3) is 15.6. The highest BCUT2D eigenvalue weighted by Gasteiger charge is 2.19. The Bertz CT molecular complexity index is 1050. The minimum atomic E-state index is 0.120. The Morgan fingerprint density at radius 2 is 1.31 bits per heavy atom. The highest BCUT2D eigenvalue weighted by atomic mass is 35.5. The smallest absolute Gasteiger partial charge is 0.354 e. The molecule has 0 saturated heterocycles. The molecule has 0 radical (unpaired) electrons. The van der Waals surface area contributed by atoms with E-state index in [1.807, 2.05) is 137 Å². The summed E-state index contributed by atoms with van der Waals surface area (Å²) in [7, 11) is 11.5. The highest BCUT2D eigenvalue weighted by Crippen LogP contribution is 2.22. The van der Waals surface area contributed by atoms with Gasteiger partial charge in [-0.2, -0.15) is 0 Å². The molecule has 42 heavy (non-hydrogen) atoms. The number of halogens is 2. The van der Waals surface area contributed by atoms with Crippen LogP contribution in [-0.4, -0.2) is 67.2 Å². The van der Waals surface area contributed by atoms with Crippen molar-refractivity contribution in [3.63, 3.8) is 0 Å². The molecule has 2 heterocycles. The minimum Gasteiger partial charge on any atom is -0.397 e. The maximum atomic E-state index is 5.88. The first-order chi connectivity index (χ1) is 20.2. The van der Waals surface area contributed by atoms with Gasteiger partial charge in [-0.05, 0) is 24.3 Å². The number of nitrogen functional groups attached to an aromatic ring is 3. The third-order valence-electron chi connectivity index (χ3n) is 5.72. The van der Waals surface area contributed by atoms with E-state index in [4.69, 9.17) is 22.9 Å². The number of para-hydroxylation sites is 4. The van der Waals surface area contributed by atoms with Crippen LogP contribution in [-0.2, 0) is 14.1 Å². The SMILES string of the molecule is CCl.CCl.CN1C=C[NH+](C)C1N.Cn1cc[n+](C)c1N.Nc1ccccc1NCCSSCCNc1ccccc1N. The Hall–Kier alpha value is -2.61. The second-order valence-electron chi connectivity index (χ2n) is 8.72. The average molecular weight is 662 g/mol.